The quantitative estimate of drug-likeness (QED) is 0.885. The Bertz CT molecular complexity index is 658. The van der Waals surface area contributed by atoms with Crippen LogP contribution in [0.4, 0.5) is 0 Å². The molecule has 6 heteroatoms. The van der Waals surface area contributed by atoms with E-state index < -0.39 is 17.9 Å². The van der Waals surface area contributed by atoms with Crippen molar-refractivity contribution in [2.45, 2.75) is 44.2 Å². The first kappa shape index (κ1) is 15.5. The first-order valence-corrected chi connectivity index (χ1v) is 7.94. The van der Waals surface area contributed by atoms with Crippen LogP contribution in [-0.4, -0.2) is 39.9 Å². The molecule has 2 amide bonds. The normalized spacial score (nSPS) is 26.6. The summed E-state index contributed by atoms with van der Waals surface area (Å²) in [5.41, 5.74) is 5.83. The van der Waals surface area contributed by atoms with Gasteiger partial charge < -0.3 is 15.7 Å². The minimum absolute atomic E-state index is 0.0189. The number of nitrogens with zero attached hydrogens (tertiary/aromatic N) is 1. The lowest BCUT2D eigenvalue weighted by Crippen LogP contribution is -2.46. The molecule has 1 aliphatic heterocycles. The molecule has 6 nitrogen and oxygen atoms in total. The number of carboxylic acids is 1. The molecular weight excluding hydrogens is 296 g/mol. The lowest BCUT2D eigenvalue weighted by molar-refractivity contribution is -0.141. The number of nitrogens with two attached hydrogens (primary N) is 1. The van der Waals surface area contributed by atoms with Gasteiger partial charge in [0.15, 0.2) is 0 Å². The second-order valence-corrected chi connectivity index (χ2v) is 6.36. The SMILES string of the molecule is NC(=O)c1cccc(C(=O)N2[C@H](C(=O)O)C[C@@H]3CCCC[C@@H]32)c1. The van der Waals surface area contributed by atoms with Crippen LogP contribution in [0, 0.1) is 5.92 Å². The number of carboxylic acid groups (broad SMARTS) is 1. The number of amides is 2. The molecule has 1 saturated carbocycles. The van der Waals surface area contributed by atoms with Crippen LogP contribution in [0.2, 0.25) is 0 Å². The van der Waals surface area contributed by atoms with Gasteiger partial charge >= 0.3 is 5.97 Å². The van der Waals surface area contributed by atoms with Crippen LogP contribution in [0.3, 0.4) is 0 Å². The van der Waals surface area contributed by atoms with Crippen molar-refractivity contribution in [3.05, 3.63) is 35.4 Å². The maximum absolute atomic E-state index is 12.9. The Morgan fingerprint density at radius 1 is 1.13 bits per heavy atom. The van der Waals surface area contributed by atoms with Crippen LogP contribution in [-0.2, 0) is 4.79 Å². The monoisotopic (exact) mass is 316 g/mol. The molecule has 0 unspecified atom stereocenters. The maximum atomic E-state index is 12.9. The van der Waals surface area contributed by atoms with Crippen LogP contribution in [0.15, 0.2) is 24.3 Å². The van der Waals surface area contributed by atoms with Gasteiger partial charge in [-0.2, -0.15) is 0 Å². The number of hydrogen-bond acceptors (Lipinski definition) is 3. The number of benzene rings is 1. The molecule has 0 spiro atoms. The third-order valence-corrected chi connectivity index (χ3v) is 5.00. The van der Waals surface area contributed by atoms with E-state index in [-0.39, 0.29) is 23.4 Å². The fourth-order valence-electron chi connectivity index (χ4n) is 3.93. The van der Waals surface area contributed by atoms with E-state index in [1.807, 2.05) is 0 Å². The van der Waals surface area contributed by atoms with Crippen LogP contribution < -0.4 is 5.73 Å². The van der Waals surface area contributed by atoms with Crippen molar-refractivity contribution in [2.24, 2.45) is 11.7 Å². The van der Waals surface area contributed by atoms with Crippen molar-refractivity contribution in [2.75, 3.05) is 0 Å². The van der Waals surface area contributed by atoms with Crippen molar-refractivity contribution < 1.29 is 19.5 Å². The summed E-state index contributed by atoms with van der Waals surface area (Å²) in [6.45, 7) is 0. The lowest BCUT2D eigenvalue weighted by atomic mass is 9.84. The van der Waals surface area contributed by atoms with Crippen LogP contribution in [0.5, 0.6) is 0 Å². The highest BCUT2D eigenvalue weighted by molar-refractivity contribution is 6.00. The van der Waals surface area contributed by atoms with E-state index in [9.17, 15) is 19.5 Å². The van der Waals surface area contributed by atoms with Gasteiger partial charge in [-0.1, -0.05) is 18.9 Å². The van der Waals surface area contributed by atoms with Crippen molar-refractivity contribution in [3.63, 3.8) is 0 Å². The summed E-state index contributed by atoms with van der Waals surface area (Å²) in [5.74, 6) is -1.63. The number of likely N-dealkylation sites (tertiary alicyclic amines) is 1. The number of aliphatic carboxylic acids is 1. The minimum atomic E-state index is -0.959. The molecule has 1 aromatic rings. The lowest BCUT2D eigenvalue weighted by Gasteiger charge is -2.33. The molecule has 0 bridgehead atoms. The Morgan fingerprint density at radius 3 is 2.52 bits per heavy atom. The first-order chi connectivity index (χ1) is 11.0. The number of carbonyl (C=O) groups excluding carboxylic acids is 2. The predicted octanol–water partition coefficient (Wildman–Crippen LogP) is 1.64. The van der Waals surface area contributed by atoms with Gasteiger partial charge in [-0.25, -0.2) is 4.79 Å². The summed E-state index contributed by atoms with van der Waals surface area (Å²) < 4.78 is 0. The third-order valence-electron chi connectivity index (χ3n) is 5.00. The topological polar surface area (TPSA) is 101 Å². The Kier molecular flexibility index (Phi) is 4.07. The summed E-state index contributed by atoms with van der Waals surface area (Å²) in [4.78, 5) is 37.3. The van der Waals surface area contributed by atoms with Crippen molar-refractivity contribution >= 4 is 17.8 Å². The number of primary amides is 1. The molecule has 122 valence electrons. The summed E-state index contributed by atoms with van der Waals surface area (Å²) in [7, 11) is 0. The second-order valence-electron chi connectivity index (χ2n) is 6.36. The molecule has 3 N–H and O–H groups in total. The Hall–Kier alpha value is -2.37. The summed E-state index contributed by atoms with van der Waals surface area (Å²) in [6, 6.07) is 5.38. The number of hydrogen-bond donors (Lipinski definition) is 2. The zero-order valence-corrected chi connectivity index (χ0v) is 12.8. The van der Waals surface area contributed by atoms with E-state index in [1.54, 1.807) is 18.2 Å². The predicted molar refractivity (Wildman–Crippen MR) is 82.9 cm³/mol. The van der Waals surface area contributed by atoms with Gasteiger partial charge in [0.25, 0.3) is 5.91 Å². The zero-order chi connectivity index (χ0) is 16.6. The molecule has 1 aromatic carbocycles. The Morgan fingerprint density at radius 2 is 1.83 bits per heavy atom. The van der Waals surface area contributed by atoms with Gasteiger partial charge in [0.2, 0.25) is 5.91 Å². The third kappa shape index (κ3) is 2.81. The summed E-state index contributed by atoms with van der Waals surface area (Å²) in [5, 5.41) is 9.50. The molecule has 0 aromatic heterocycles. The van der Waals surface area contributed by atoms with E-state index in [2.05, 4.69) is 0 Å². The summed E-state index contributed by atoms with van der Waals surface area (Å²) >= 11 is 0. The molecule has 2 aliphatic rings. The zero-order valence-electron chi connectivity index (χ0n) is 12.8. The van der Waals surface area contributed by atoms with Gasteiger partial charge in [-0.15, -0.1) is 0 Å². The minimum Gasteiger partial charge on any atom is -0.480 e. The average Bonchev–Trinajstić information content (AvgIpc) is 2.94. The fraction of sp³-hybridized carbons (Fsp3) is 0.471. The standard InChI is InChI=1S/C17H20N2O4/c18-15(20)11-5-3-6-12(8-11)16(21)19-13-7-2-1-4-10(13)9-14(19)17(22)23/h3,5-6,8,10,13-14H,1-2,4,7,9H2,(H2,18,20)(H,22,23)/t10-,13-,14-/m0/s1. The highest BCUT2D eigenvalue weighted by Crippen LogP contribution is 2.40. The van der Waals surface area contributed by atoms with Gasteiger partial charge in [0.05, 0.1) is 0 Å². The Balaban J connectivity index is 1.93. The molecular formula is C17H20N2O4. The molecule has 0 radical (unpaired) electrons. The van der Waals surface area contributed by atoms with Crippen LogP contribution in [0.25, 0.3) is 0 Å². The maximum Gasteiger partial charge on any atom is 0.326 e. The Labute approximate surface area is 134 Å². The molecule has 1 saturated heterocycles. The van der Waals surface area contributed by atoms with Gasteiger partial charge in [0, 0.05) is 17.2 Å². The highest BCUT2D eigenvalue weighted by atomic mass is 16.4. The van der Waals surface area contributed by atoms with Crippen LogP contribution >= 0.6 is 0 Å². The van der Waals surface area contributed by atoms with Crippen molar-refractivity contribution in [3.8, 4) is 0 Å². The largest absolute Gasteiger partial charge is 0.480 e. The van der Waals surface area contributed by atoms with E-state index in [4.69, 9.17) is 5.73 Å². The van der Waals surface area contributed by atoms with E-state index in [0.717, 1.165) is 25.7 Å². The summed E-state index contributed by atoms with van der Waals surface area (Å²) in [6.07, 6.45) is 4.43. The molecule has 3 rings (SSSR count). The smallest absolute Gasteiger partial charge is 0.326 e. The fourth-order valence-corrected chi connectivity index (χ4v) is 3.93. The number of carbonyl (C=O) groups is 3. The van der Waals surface area contributed by atoms with Crippen molar-refractivity contribution in [1.82, 2.24) is 4.90 Å². The second kappa shape index (κ2) is 6.02. The van der Waals surface area contributed by atoms with E-state index in [0.29, 0.717) is 12.0 Å². The molecule has 3 atom stereocenters. The van der Waals surface area contributed by atoms with Crippen LogP contribution in [0.1, 0.15) is 52.8 Å². The number of rotatable bonds is 3. The highest BCUT2D eigenvalue weighted by Gasteiger charge is 2.47. The van der Waals surface area contributed by atoms with Gasteiger partial charge in [-0.3, -0.25) is 9.59 Å². The molecule has 2 fully saturated rings. The first-order valence-electron chi connectivity index (χ1n) is 7.94. The average molecular weight is 316 g/mol. The molecule has 1 heterocycles. The van der Waals surface area contributed by atoms with Crippen molar-refractivity contribution in [1.29, 1.82) is 0 Å². The molecule has 1 aliphatic carbocycles. The van der Waals surface area contributed by atoms with E-state index in [1.165, 1.54) is 11.0 Å². The van der Waals surface area contributed by atoms with Gasteiger partial charge in [0.1, 0.15) is 6.04 Å². The molecule has 23 heavy (non-hydrogen) atoms. The van der Waals surface area contributed by atoms with E-state index >= 15 is 0 Å². The number of fused-ring (bicyclic) bond motifs is 1. The van der Waals surface area contributed by atoms with Gasteiger partial charge in [-0.05, 0) is 43.4 Å².